The first-order valence-corrected chi connectivity index (χ1v) is 2.80. The molecule has 6 heteroatoms. The molecule has 0 bridgehead atoms. The first-order valence-electron chi connectivity index (χ1n) is 2.02. The summed E-state index contributed by atoms with van der Waals surface area (Å²) >= 11 is 0.977. The third-order valence-corrected chi connectivity index (χ3v) is 1.10. The number of carbonyl (C=O) groups is 1. The van der Waals surface area contributed by atoms with Crippen LogP contribution in [0.1, 0.15) is 0 Å². The minimum atomic E-state index is 0.00694. The van der Waals surface area contributed by atoms with E-state index in [1.54, 1.807) is 0 Å². The van der Waals surface area contributed by atoms with Crippen LogP contribution >= 0.6 is 11.5 Å². The molecule has 0 aliphatic heterocycles. The zero-order valence-corrected chi connectivity index (χ0v) is 5.09. The number of nitrogens with zero attached hydrogens (tertiary/aromatic N) is 2. The van der Waals surface area contributed by atoms with Crippen molar-refractivity contribution in [3.05, 3.63) is 0 Å². The van der Waals surface area contributed by atoms with Crippen LogP contribution in [0.25, 0.3) is 0 Å². The maximum atomic E-state index is 9.65. The van der Waals surface area contributed by atoms with Crippen molar-refractivity contribution in [2.75, 3.05) is 5.73 Å². The van der Waals surface area contributed by atoms with Crippen LogP contribution in [0.4, 0.5) is 5.13 Å². The summed E-state index contributed by atoms with van der Waals surface area (Å²) in [5, 5.41) is 0.284. The number of hydrogen-bond acceptors (Lipinski definition) is 6. The number of aromatic nitrogens is 2. The Labute approximate surface area is 54.6 Å². The Hall–Kier alpha value is -1.17. The van der Waals surface area contributed by atoms with Crippen LogP contribution in [0.3, 0.4) is 0 Å². The van der Waals surface area contributed by atoms with Gasteiger partial charge in [-0.1, -0.05) is 0 Å². The molecule has 1 heterocycles. The van der Waals surface area contributed by atoms with Gasteiger partial charge in [-0.2, -0.15) is 4.98 Å². The molecule has 48 valence electrons. The van der Waals surface area contributed by atoms with Gasteiger partial charge in [0, 0.05) is 11.5 Å². The molecular weight excluding hydrogens is 142 g/mol. The Kier molecular flexibility index (Phi) is 1.59. The summed E-state index contributed by atoms with van der Waals surface area (Å²) in [6, 6.07) is 0.00694. The maximum Gasteiger partial charge on any atom is 0.337 e. The van der Waals surface area contributed by atoms with Gasteiger partial charge in [0.05, 0.1) is 0 Å². The summed E-state index contributed by atoms with van der Waals surface area (Å²) in [7, 11) is 0. The smallest absolute Gasteiger partial charge is 0.337 e. The van der Waals surface area contributed by atoms with Crippen molar-refractivity contribution in [2.24, 2.45) is 0 Å². The van der Waals surface area contributed by atoms with E-state index in [-0.39, 0.29) is 17.6 Å². The maximum absolute atomic E-state index is 9.65. The van der Waals surface area contributed by atoms with Crippen LogP contribution < -0.4 is 10.5 Å². The highest BCUT2D eigenvalue weighted by Gasteiger charge is 1.98. The van der Waals surface area contributed by atoms with Crippen LogP contribution in [0.5, 0.6) is 6.01 Å². The second-order valence-corrected chi connectivity index (χ2v) is 1.91. The molecule has 0 aromatic carbocycles. The van der Waals surface area contributed by atoms with E-state index in [1.165, 1.54) is 0 Å². The molecule has 0 aliphatic rings. The molecule has 9 heavy (non-hydrogen) atoms. The number of nitrogen functional groups attached to an aromatic ring is 1. The third-order valence-electron chi connectivity index (χ3n) is 0.577. The molecule has 0 fully saturated rings. The molecular formula is C3H3N3O2S. The zero-order valence-electron chi connectivity index (χ0n) is 4.27. The predicted octanol–water partition coefficient (Wildman–Crippen LogP) is -0.344. The fourth-order valence-electron chi connectivity index (χ4n) is 0.312. The Bertz CT molecular complexity index is 211. The van der Waals surface area contributed by atoms with Crippen molar-refractivity contribution >= 4 is 23.1 Å². The molecule has 0 amide bonds. The van der Waals surface area contributed by atoms with Crippen LogP contribution in [0.2, 0.25) is 0 Å². The minimum absolute atomic E-state index is 0.00694. The molecule has 0 radical (unpaired) electrons. The van der Waals surface area contributed by atoms with E-state index in [1.807, 2.05) is 0 Å². The van der Waals surface area contributed by atoms with Crippen molar-refractivity contribution in [1.29, 1.82) is 0 Å². The van der Waals surface area contributed by atoms with Gasteiger partial charge in [-0.15, -0.1) is 4.37 Å². The summed E-state index contributed by atoms with van der Waals surface area (Å²) in [6.07, 6.45) is 0. The molecule has 2 N–H and O–H groups in total. The largest absolute Gasteiger partial charge is 0.392 e. The van der Waals surface area contributed by atoms with E-state index >= 15 is 0 Å². The van der Waals surface area contributed by atoms with E-state index in [2.05, 4.69) is 14.1 Å². The normalized spacial score (nSPS) is 8.89. The van der Waals surface area contributed by atoms with Crippen molar-refractivity contribution in [3.8, 4) is 6.01 Å². The van der Waals surface area contributed by atoms with Gasteiger partial charge in [-0.25, -0.2) is 0 Å². The first kappa shape index (κ1) is 5.96. The van der Waals surface area contributed by atoms with Gasteiger partial charge in [0.1, 0.15) is 0 Å². The highest BCUT2D eigenvalue weighted by molar-refractivity contribution is 7.09. The molecule has 0 atom stereocenters. The van der Waals surface area contributed by atoms with Gasteiger partial charge >= 0.3 is 12.5 Å². The second-order valence-electron chi connectivity index (χ2n) is 1.13. The average Bonchev–Trinajstić information content (AvgIpc) is 2.17. The topological polar surface area (TPSA) is 78.1 Å². The third kappa shape index (κ3) is 1.36. The van der Waals surface area contributed by atoms with Gasteiger partial charge in [-0.3, -0.25) is 4.79 Å². The van der Waals surface area contributed by atoms with Crippen molar-refractivity contribution < 1.29 is 9.53 Å². The molecule has 1 aromatic rings. The van der Waals surface area contributed by atoms with E-state index in [4.69, 9.17) is 5.73 Å². The standard InChI is InChI=1S/C3H3N3O2S/c4-2-5-3(6-9-2)8-1-7/h1H,(H2,4,5,6). The van der Waals surface area contributed by atoms with Crippen LogP contribution in [-0.2, 0) is 4.79 Å². The highest BCUT2D eigenvalue weighted by atomic mass is 32.1. The van der Waals surface area contributed by atoms with Gasteiger partial charge < -0.3 is 10.5 Å². The summed E-state index contributed by atoms with van der Waals surface area (Å²) in [5.74, 6) is 0. The first-order chi connectivity index (χ1) is 4.33. The Morgan fingerprint density at radius 2 is 2.56 bits per heavy atom. The zero-order chi connectivity index (χ0) is 6.69. The quantitative estimate of drug-likeness (QED) is 0.576. The molecule has 0 saturated heterocycles. The summed E-state index contributed by atoms with van der Waals surface area (Å²) in [4.78, 5) is 13.2. The molecule has 0 spiro atoms. The lowest BCUT2D eigenvalue weighted by Crippen LogP contribution is -1.90. The molecule has 0 saturated carbocycles. The summed E-state index contributed by atoms with van der Waals surface area (Å²) < 4.78 is 7.81. The van der Waals surface area contributed by atoms with Gasteiger partial charge in [0.15, 0.2) is 0 Å². The van der Waals surface area contributed by atoms with Crippen LogP contribution in [0.15, 0.2) is 0 Å². The molecule has 0 aliphatic carbocycles. The van der Waals surface area contributed by atoms with E-state index in [0.717, 1.165) is 11.5 Å². The van der Waals surface area contributed by atoms with Gasteiger partial charge in [0.25, 0.3) is 0 Å². The minimum Gasteiger partial charge on any atom is -0.392 e. The lowest BCUT2D eigenvalue weighted by molar-refractivity contribution is -0.121. The van der Waals surface area contributed by atoms with Crippen molar-refractivity contribution in [3.63, 3.8) is 0 Å². The van der Waals surface area contributed by atoms with E-state index < -0.39 is 0 Å². The lowest BCUT2D eigenvalue weighted by Gasteiger charge is -1.81. The number of anilines is 1. The second kappa shape index (κ2) is 2.40. The molecule has 5 nitrogen and oxygen atoms in total. The number of rotatable bonds is 2. The molecule has 1 rings (SSSR count). The number of nitrogens with two attached hydrogens (primary N) is 1. The number of hydrogen-bond donors (Lipinski definition) is 1. The van der Waals surface area contributed by atoms with Crippen molar-refractivity contribution in [1.82, 2.24) is 9.36 Å². The average molecular weight is 145 g/mol. The Morgan fingerprint density at radius 1 is 1.78 bits per heavy atom. The van der Waals surface area contributed by atoms with Crippen molar-refractivity contribution in [2.45, 2.75) is 0 Å². The van der Waals surface area contributed by atoms with E-state index in [9.17, 15) is 4.79 Å². The Balaban J connectivity index is 2.72. The lowest BCUT2D eigenvalue weighted by atomic mass is 11.1. The summed E-state index contributed by atoms with van der Waals surface area (Å²) in [6.45, 7) is 0.251. The fourth-order valence-corrected chi connectivity index (χ4v) is 0.686. The van der Waals surface area contributed by atoms with E-state index in [0.29, 0.717) is 0 Å². The number of ether oxygens (including phenoxy) is 1. The predicted molar refractivity (Wildman–Crippen MR) is 31.0 cm³/mol. The molecule has 1 aromatic heterocycles. The SMILES string of the molecule is Nc1nc(OC=O)ns1. The Morgan fingerprint density at radius 3 is 3.00 bits per heavy atom. The molecule has 0 unspecified atom stereocenters. The van der Waals surface area contributed by atoms with Crippen LogP contribution in [-0.4, -0.2) is 15.8 Å². The number of carbonyl (C=O) groups excluding carboxylic acids is 1. The highest BCUT2D eigenvalue weighted by Crippen LogP contribution is 2.10. The monoisotopic (exact) mass is 145 g/mol. The summed E-state index contributed by atoms with van der Waals surface area (Å²) in [5.41, 5.74) is 5.16. The fraction of sp³-hybridized carbons (Fsp3) is 0. The van der Waals surface area contributed by atoms with Gasteiger partial charge in [0.2, 0.25) is 5.13 Å². The van der Waals surface area contributed by atoms with Gasteiger partial charge in [-0.05, 0) is 0 Å². The van der Waals surface area contributed by atoms with Crippen LogP contribution in [0, 0.1) is 0 Å².